The van der Waals surface area contributed by atoms with Crippen LogP contribution in [0.2, 0.25) is 0 Å². The molecule has 0 spiro atoms. The first-order chi connectivity index (χ1) is 14.4. The molecule has 2 aromatic carbocycles. The molecule has 0 radical (unpaired) electrons. The van der Waals surface area contributed by atoms with Gasteiger partial charge in [0.2, 0.25) is 0 Å². The van der Waals surface area contributed by atoms with Crippen LogP contribution < -0.4 is 4.72 Å². The lowest BCUT2D eigenvalue weighted by molar-refractivity contribution is 0.501. The standard InChI is InChI=1S/C24H33F2NO2S/c1-3-5-7-9-11-19(10-8-6-4-2)20-12-15-22(16-13-20)30(28,29)27-24-17-14-21(25)18-23(24)26/h12-19,27H,3-11H2,1-2H3. The van der Waals surface area contributed by atoms with Crippen molar-refractivity contribution in [2.24, 2.45) is 0 Å². The number of nitrogens with one attached hydrogen (secondary N) is 1. The molecule has 0 saturated carbocycles. The quantitative estimate of drug-likeness (QED) is 0.332. The van der Waals surface area contributed by atoms with Crippen LogP contribution in [0.15, 0.2) is 47.4 Å². The van der Waals surface area contributed by atoms with E-state index in [0.29, 0.717) is 12.0 Å². The van der Waals surface area contributed by atoms with Gasteiger partial charge in [-0.05, 0) is 48.6 Å². The van der Waals surface area contributed by atoms with Crippen LogP contribution in [0, 0.1) is 11.6 Å². The maximum atomic E-state index is 13.8. The Morgan fingerprint density at radius 2 is 1.43 bits per heavy atom. The number of sulfonamides is 1. The fraction of sp³-hybridized carbons (Fsp3) is 0.500. The van der Waals surface area contributed by atoms with E-state index in [1.807, 2.05) is 12.1 Å². The summed E-state index contributed by atoms with van der Waals surface area (Å²) in [5, 5.41) is 0. The molecule has 0 fully saturated rings. The Morgan fingerprint density at radius 3 is 2.03 bits per heavy atom. The molecule has 3 nitrogen and oxygen atoms in total. The molecule has 2 rings (SSSR count). The summed E-state index contributed by atoms with van der Waals surface area (Å²) in [6, 6.07) is 9.62. The summed E-state index contributed by atoms with van der Waals surface area (Å²) in [5.74, 6) is -1.28. The van der Waals surface area contributed by atoms with Gasteiger partial charge in [0.25, 0.3) is 10.0 Å². The lowest BCUT2D eigenvalue weighted by Crippen LogP contribution is -2.14. The SMILES string of the molecule is CCCCCCC(CCCCC)c1ccc(S(=O)(=O)Nc2ccc(F)cc2F)cc1. The number of anilines is 1. The second kappa shape index (κ2) is 12.0. The normalized spacial score (nSPS) is 12.7. The Balaban J connectivity index is 2.11. The third-order valence-corrected chi connectivity index (χ3v) is 6.78. The van der Waals surface area contributed by atoms with E-state index in [-0.39, 0.29) is 10.6 Å². The van der Waals surface area contributed by atoms with Crippen LogP contribution in [0.4, 0.5) is 14.5 Å². The van der Waals surface area contributed by atoms with Crippen molar-refractivity contribution in [3.05, 3.63) is 59.7 Å². The smallest absolute Gasteiger partial charge is 0.261 e. The minimum absolute atomic E-state index is 0.0632. The number of halogens is 2. The molecule has 0 aliphatic carbocycles. The molecule has 0 bridgehead atoms. The van der Waals surface area contributed by atoms with Crippen LogP contribution in [0.5, 0.6) is 0 Å². The van der Waals surface area contributed by atoms with E-state index >= 15 is 0 Å². The molecule has 1 atom stereocenters. The highest BCUT2D eigenvalue weighted by Gasteiger charge is 2.18. The van der Waals surface area contributed by atoms with E-state index in [4.69, 9.17) is 0 Å². The molecule has 2 aromatic rings. The lowest BCUT2D eigenvalue weighted by atomic mass is 9.88. The Bertz CT molecular complexity index is 883. The lowest BCUT2D eigenvalue weighted by Gasteiger charge is -2.18. The molecule has 30 heavy (non-hydrogen) atoms. The monoisotopic (exact) mass is 437 g/mol. The summed E-state index contributed by atoms with van der Waals surface area (Å²) in [6.45, 7) is 4.39. The summed E-state index contributed by atoms with van der Waals surface area (Å²) in [4.78, 5) is 0.0632. The molecule has 0 aliphatic rings. The van der Waals surface area contributed by atoms with Crippen molar-refractivity contribution in [3.63, 3.8) is 0 Å². The van der Waals surface area contributed by atoms with E-state index in [9.17, 15) is 17.2 Å². The van der Waals surface area contributed by atoms with Gasteiger partial charge < -0.3 is 0 Å². The molecule has 0 saturated heterocycles. The topological polar surface area (TPSA) is 46.2 Å². The zero-order valence-electron chi connectivity index (χ0n) is 18.0. The van der Waals surface area contributed by atoms with Gasteiger partial charge in [-0.15, -0.1) is 0 Å². The molecular formula is C24H33F2NO2S. The van der Waals surface area contributed by atoms with E-state index in [0.717, 1.165) is 30.5 Å². The van der Waals surface area contributed by atoms with Gasteiger partial charge in [-0.2, -0.15) is 0 Å². The van der Waals surface area contributed by atoms with E-state index in [2.05, 4.69) is 18.6 Å². The van der Waals surface area contributed by atoms with Crippen molar-refractivity contribution in [1.82, 2.24) is 0 Å². The van der Waals surface area contributed by atoms with Gasteiger partial charge in [-0.25, -0.2) is 17.2 Å². The first-order valence-corrected chi connectivity index (χ1v) is 12.4. The molecule has 0 heterocycles. The second-order valence-electron chi connectivity index (χ2n) is 7.84. The van der Waals surface area contributed by atoms with Gasteiger partial charge in [-0.1, -0.05) is 70.9 Å². The Hall–Kier alpha value is -1.95. The van der Waals surface area contributed by atoms with Crippen LogP contribution in [0.1, 0.15) is 83.1 Å². The van der Waals surface area contributed by atoms with Crippen molar-refractivity contribution < 1.29 is 17.2 Å². The average molecular weight is 438 g/mol. The third-order valence-electron chi connectivity index (χ3n) is 5.40. The predicted molar refractivity (Wildman–Crippen MR) is 119 cm³/mol. The number of hydrogen-bond acceptors (Lipinski definition) is 2. The van der Waals surface area contributed by atoms with Crippen LogP contribution in [-0.2, 0) is 10.0 Å². The first kappa shape index (κ1) is 24.3. The van der Waals surface area contributed by atoms with Gasteiger partial charge in [-0.3, -0.25) is 4.72 Å². The van der Waals surface area contributed by atoms with Crippen molar-refractivity contribution in [2.45, 2.75) is 82.4 Å². The van der Waals surface area contributed by atoms with Gasteiger partial charge in [0.05, 0.1) is 10.6 Å². The highest BCUT2D eigenvalue weighted by molar-refractivity contribution is 7.92. The average Bonchev–Trinajstić information content (AvgIpc) is 2.72. The van der Waals surface area contributed by atoms with Gasteiger partial charge in [0, 0.05) is 6.07 Å². The maximum absolute atomic E-state index is 13.8. The number of unbranched alkanes of at least 4 members (excludes halogenated alkanes) is 5. The summed E-state index contributed by atoms with van der Waals surface area (Å²) in [7, 11) is -3.95. The molecule has 166 valence electrons. The minimum Gasteiger partial charge on any atom is -0.277 e. The molecule has 1 N–H and O–H groups in total. The third kappa shape index (κ3) is 7.38. The fourth-order valence-corrected chi connectivity index (χ4v) is 4.70. The van der Waals surface area contributed by atoms with Gasteiger partial charge in [0.15, 0.2) is 0 Å². The molecular weight excluding hydrogens is 404 g/mol. The van der Waals surface area contributed by atoms with Crippen molar-refractivity contribution in [2.75, 3.05) is 4.72 Å². The predicted octanol–water partition coefficient (Wildman–Crippen LogP) is 7.40. The molecule has 1 unspecified atom stereocenters. The van der Waals surface area contributed by atoms with Crippen LogP contribution >= 0.6 is 0 Å². The fourth-order valence-electron chi connectivity index (χ4n) is 3.63. The Labute approximate surface area is 180 Å². The Morgan fingerprint density at radius 1 is 0.833 bits per heavy atom. The highest BCUT2D eigenvalue weighted by atomic mass is 32.2. The van der Waals surface area contributed by atoms with Gasteiger partial charge in [0.1, 0.15) is 11.6 Å². The second-order valence-corrected chi connectivity index (χ2v) is 9.52. The van der Waals surface area contributed by atoms with Crippen LogP contribution in [0.3, 0.4) is 0 Å². The summed E-state index contributed by atoms with van der Waals surface area (Å²) >= 11 is 0. The van der Waals surface area contributed by atoms with E-state index in [1.54, 1.807) is 12.1 Å². The summed E-state index contributed by atoms with van der Waals surface area (Å²) in [6.07, 6.45) is 10.6. The van der Waals surface area contributed by atoms with Crippen molar-refractivity contribution >= 4 is 15.7 Å². The van der Waals surface area contributed by atoms with Crippen LogP contribution in [-0.4, -0.2) is 8.42 Å². The maximum Gasteiger partial charge on any atom is 0.261 e. The first-order valence-electron chi connectivity index (χ1n) is 10.9. The molecule has 0 aromatic heterocycles. The van der Waals surface area contributed by atoms with Crippen LogP contribution in [0.25, 0.3) is 0 Å². The molecule has 0 aliphatic heterocycles. The zero-order chi connectivity index (χ0) is 22.0. The number of rotatable bonds is 13. The van der Waals surface area contributed by atoms with Crippen molar-refractivity contribution in [1.29, 1.82) is 0 Å². The van der Waals surface area contributed by atoms with Gasteiger partial charge >= 0.3 is 0 Å². The number of hydrogen-bond donors (Lipinski definition) is 1. The summed E-state index contributed by atoms with van der Waals surface area (Å²) in [5.41, 5.74) is 0.878. The zero-order valence-corrected chi connectivity index (χ0v) is 18.8. The Kier molecular flexibility index (Phi) is 9.76. The van der Waals surface area contributed by atoms with E-state index < -0.39 is 21.7 Å². The summed E-state index contributed by atoms with van der Waals surface area (Å²) < 4.78 is 54.3. The molecule has 0 amide bonds. The largest absolute Gasteiger partial charge is 0.277 e. The molecule has 6 heteroatoms. The minimum atomic E-state index is -3.95. The number of benzene rings is 2. The van der Waals surface area contributed by atoms with E-state index in [1.165, 1.54) is 44.9 Å². The van der Waals surface area contributed by atoms with Crippen molar-refractivity contribution in [3.8, 4) is 0 Å². The highest BCUT2D eigenvalue weighted by Crippen LogP contribution is 2.30.